The van der Waals surface area contributed by atoms with E-state index in [0.29, 0.717) is 12.0 Å². The number of carbonyl (C=O) groups is 1. The third-order valence-corrected chi connectivity index (χ3v) is 2.75. The lowest BCUT2D eigenvalue weighted by Gasteiger charge is -2.23. The maximum absolute atomic E-state index is 10.5. The van der Waals surface area contributed by atoms with Gasteiger partial charge in [0, 0.05) is 6.04 Å². The van der Waals surface area contributed by atoms with Crippen LogP contribution in [0.2, 0.25) is 0 Å². The van der Waals surface area contributed by atoms with Crippen LogP contribution in [0.4, 0.5) is 0 Å². The lowest BCUT2D eigenvalue weighted by molar-refractivity contribution is -0.138. The molecule has 0 saturated carbocycles. The molecular weight excluding hydrogens is 154 g/mol. The first-order chi connectivity index (χ1) is 5.65. The Morgan fingerprint density at radius 1 is 1.67 bits per heavy atom. The number of hydrogen-bond donors (Lipinski definition) is 1. The molecule has 12 heavy (non-hydrogen) atoms. The van der Waals surface area contributed by atoms with Gasteiger partial charge in [0.1, 0.15) is 0 Å². The lowest BCUT2D eigenvalue weighted by Crippen LogP contribution is -2.35. The minimum absolute atomic E-state index is 0.211. The molecule has 1 rings (SSSR count). The van der Waals surface area contributed by atoms with Crippen LogP contribution in [-0.2, 0) is 4.79 Å². The quantitative estimate of drug-likeness (QED) is 0.693. The SMILES string of the molecule is CCC1C(C)CCN1CC(=O)O. The van der Waals surface area contributed by atoms with E-state index < -0.39 is 5.97 Å². The molecule has 1 N–H and O–H groups in total. The van der Waals surface area contributed by atoms with Gasteiger partial charge in [0.05, 0.1) is 6.54 Å². The van der Waals surface area contributed by atoms with E-state index in [-0.39, 0.29) is 6.54 Å². The van der Waals surface area contributed by atoms with Crippen molar-refractivity contribution in [2.45, 2.75) is 32.7 Å². The maximum atomic E-state index is 10.5. The smallest absolute Gasteiger partial charge is 0.317 e. The molecule has 0 bridgehead atoms. The van der Waals surface area contributed by atoms with Gasteiger partial charge in [-0.3, -0.25) is 9.69 Å². The summed E-state index contributed by atoms with van der Waals surface area (Å²) in [7, 11) is 0. The van der Waals surface area contributed by atoms with E-state index in [4.69, 9.17) is 5.11 Å². The summed E-state index contributed by atoms with van der Waals surface area (Å²) in [6.45, 7) is 5.49. The summed E-state index contributed by atoms with van der Waals surface area (Å²) in [6, 6.07) is 0.487. The number of nitrogens with zero attached hydrogens (tertiary/aromatic N) is 1. The third-order valence-electron chi connectivity index (χ3n) is 2.75. The van der Waals surface area contributed by atoms with E-state index in [1.54, 1.807) is 0 Å². The molecule has 2 unspecified atom stereocenters. The minimum Gasteiger partial charge on any atom is -0.480 e. The number of carboxylic acid groups (broad SMARTS) is 1. The summed E-state index contributed by atoms with van der Waals surface area (Å²) in [6.07, 6.45) is 2.21. The van der Waals surface area contributed by atoms with Crippen LogP contribution in [0.15, 0.2) is 0 Å². The molecule has 70 valence electrons. The monoisotopic (exact) mass is 171 g/mol. The molecule has 0 aromatic rings. The van der Waals surface area contributed by atoms with Gasteiger partial charge in [-0.05, 0) is 25.3 Å². The highest BCUT2D eigenvalue weighted by Gasteiger charge is 2.30. The molecule has 0 radical (unpaired) electrons. The van der Waals surface area contributed by atoms with E-state index in [9.17, 15) is 4.79 Å². The van der Waals surface area contributed by atoms with Gasteiger partial charge in [-0.2, -0.15) is 0 Å². The van der Waals surface area contributed by atoms with Crippen LogP contribution in [-0.4, -0.2) is 35.1 Å². The highest BCUT2D eigenvalue weighted by Crippen LogP contribution is 2.25. The van der Waals surface area contributed by atoms with Crippen LogP contribution in [0.1, 0.15) is 26.7 Å². The molecule has 0 spiro atoms. The molecule has 3 nitrogen and oxygen atoms in total. The summed E-state index contributed by atoms with van der Waals surface area (Å²) in [5.74, 6) is -0.0445. The molecule has 1 aliphatic rings. The van der Waals surface area contributed by atoms with E-state index in [1.165, 1.54) is 0 Å². The van der Waals surface area contributed by atoms with E-state index in [1.807, 2.05) is 0 Å². The molecular formula is C9H17NO2. The van der Waals surface area contributed by atoms with Gasteiger partial charge in [-0.25, -0.2) is 0 Å². The van der Waals surface area contributed by atoms with Crippen LogP contribution in [0.3, 0.4) is 0 Å². The Kier molecular flexibility index (Phi) is 3.09. The van der Waals surface area contributed by atoms with Crippen LogP contribution in [0, 0.1) is 5.92 Å². The molecule has 2 atom stereocenters. The molecule has 1 fully saturated rings. The van der Waals surface area contributed by atoms with Crippen molar-refractivity contribution in [2.24, 2.45) is 5.92 Å². The predicted molar refractivity (Wildman–Crippen MR) is 47.1 cm³/mol. The van der Waals surface area contributed by atoms with Crippen molar-refractivity contribution in [1.82, 2.24) is 4.90 Å². The first kappa shape index (κ1) is 9.52. The number of likely N-dealkylation sites (tertiary alicyclic amines) is 1. The Morgan fingerprint density at radius 3 is 2.83 bits per heavy atom. The van der Waals surface area contributed by atoms with Gasteiger partial charge in [0.2, 0.25) is 0 Å². The van der Waals surface area contributed by atoms with Crippen molar-refractivity contribution >= 4 is 5.97 Å². The first-order valence-electron chi connectivity index (χ1n) is 4.61. The fourth-order valence-electron chi connectivity index (χ4n) is 2.12. The fraction of sp³-hybridized carbons (Fsp3) is 0.889. The molecule has 0 aromatic heterocycles. The lowest BCUT2D eigenvalue weighted by atomic mass is 10.0. The van der Waals surface area contributed by atoms with Crippen LogP contribution in [0.25, 0.3) is 0 Å². The maximum Gasteiger partial charge on any atom is 0.317 e. The van der Waals surface area contributed by atoms with Gasteiger partial charge in [0.25, 0.3) is 0 Å². The number of carboxylic acids is 1. The Bertz CT molecular complexity index is 170. The Labute approximate surface area is 73.4 Å². The van der Waals surface area contributed by atoms with Crippen molar-refractivity contribution < 1.29 is 9.90 Å². The van der Waals surface area contributed by atoms with E-state index in [2.05, 4.69) is 18.7 Å². The minimum atomic E-state index is -0.706. The van der Waals surface area contributed by atoms with Crippen molar-refractivity contribution in [1.29, 1.82) is 0 Å². The first-order valence-corrected chi connectivity index (χ1v) is 4.61. The van der Waals surface area contributed by atoms with E-state index >= 15 is 0 Å². The second-order valence-electron chi connectivity index (χ2n) is 3.61. The van der Waals surface area contributed by atoms with E-state index in [0.717, 1.165) is 19.4 Å². The van der Waals surface area contributed by atoms with Gasteiger partial charge < -0.3 is 5.11 Å². The molecule has 1 saturated heterocycles. The highest BCUT2D eigenvalue weighted by molar-refractivity contribution is 5.69. The van der Waals surface area contributed by atoms with Crippen LogP contribution < -0.4 is 0 Å². The zero-order valence-electron chi connectivity index (χ0n) is 7.79. The van der Waals surface area contributed by atoms with Crippen LogP contribution >= 0.6 is 0 Å². The summed E-state index contributed by atoms with van der Waals surface area (Å²) in [5, 5.41) is 8.63. The largest absolute Gasteiger partial charge is 0.480 e. The summed E-state index contributed by atoms with van der Waals surface area (Å²) >= 11 is 0. The van der Waals surface area contributed by atoms with Crippen molar-refractivity contribution in [2.75, 3.05) is 13.1 Å². The zero-order chi connectivity index (χ0) is 9.14. The van der Waals surface area contributed by atoms with Gasteiger partial charge in [-0.1, -0.05) is 13.8 Å². The number of aliphatic carboxylic acids is 1. The molecule has 0 aliphatic carbocycles. The van der Waals surface area contributed by atoms with Gasteiger partial charge in [-0.15, -0.1) is 0 Å². The highest BCUT2D eigenvalue weighted by atomic mass is 16.4. The zero-order valence-corrected chi connectivity index (χ0v) is 7.79. The molecule has 0 amide bonds. The predicted octanol–water partition coefficient (Wildman–Crippen LogP) is 1.19. The molecule has 1 aliphatic heterocycles. The fourth-order valence-corrected chi connectivity index (χ4v) is 2.12. The van der Waals surface area contributed by atoms with Crippen LogP contribution in [0.5, 0.6) is 0 Å². The standard InChI is InChI=1S/C9H17NO2/c1-3-8-7(2)4-5-10(8)6-9(11)12/h7-8H,3-6H2,1-2H3,(H,11,12). The number of hydrogen-bond acceptors (Lipinski definition) is 2. The van der Waals surface area contributed by atoms with Crippen molar-refractivity contribution in [3.05, 3.63) is 0 Å². The third kappa shape index (κ3) is 1.97. The number of rotatable bonds is 3. The molecule has 0 aromatic carbocycles. The Hall–Kier alpha value is -0.570. The Balaban J connectivity index is 2.48. The molecule has 3 heteroatoms. The normalized spacial score (nSPS) is 30.8. The van der Waals surface area contributed by atoms with Gasteiger partial charge in [0.15, 0.2) is 0 Å². The summed E-state index contributed by atoms with van der Waals surface area (Å²) in [5.41, 5.74) is 0. The molecule has 1 heterocycles. The topological polar surface area (TPSA) is 40.5 Å². The Morgan fingerprint density at radius 2 is 2.33 bits per heavy atom. The van der Waals surface area contributed by atoms with Crippen molar-refractivity contribution in [3.63, 3.8) is 0 Å². The summed E-state index contributed by atoms with van der Waals surface area (Å²) < 4.78 is 0. The second-order valence-corrected chi connectivity index (χ2v) is 3.61. The van der Waals surface area contributed by atoms with Gasteiger partial charge >= 0.3 is 5.97 Å². The second kappa shape index (κ2) is 3.90. The van der Waals surface area contributed by atoms with Crippen molar-refractivity contribution in [3.8, 4) is 0 Å². The average Bonchev–Trinajstić information content (AvgIpc) is 2.30. The average molecular weight is 171 g/mol. The summed E-state index contributed by atoms with van der Waals surface area (Å²) in [4.78, 5) is 12.6.